The molecule has 1 aliphatic carbocycles. The van der Waals surface area contributed by atoms with Crippen molar-refractivity contribution in [2.75, 3.05) is 0 Å². The normalized spacial score (nSPS) is 15.8. The van der Waals surface area contributed by atoms with Gasteiger partial charge in [0.05, 0.1) is 12.3 Å². The Labute approximate surface area is 141 Å². The van der Waals surface area contributed by atoms with Crippen LogP contribution in [-0.2, 0) is 11.2 Å². The van der Waals surface area contributed by atoms with Crippen molar-refractivity contribution in [2.45, 2.75) is 51.0 Å². The fourth-order valence-electron chi connectivity index (χ4n) is 3.07. The van der Waals surface area contributed by atoms with Crippen molar-refractivity contribution in [3.05, 3.63) is 41.9 Å². The van der Waals surface area contributed by atoms with Crippen LogP contribution in [-0.4, -0.2) is 16.4 Å². The molecule has 2 aromatic rings. The Kier molecular flexibility index (Phi) is 4.66. The van der Waals surface area contributed by atoms with Crippen LogP contribution in [0.2, 0.25) is 0 Å². The van der Waals surface area contributed by atoms with Crippen LogP contribution in [0.4, 0.5) is 0 Å². The lowest BCUT2D eigenvalue weighted by Crippen LogP contribution is -2.45. The molecule has 0 aliphatic heterocycles. The summed E-state index contributed by atoms with van der Waals surface area (Å²) in [6.07, 6.45) is 5.86. The quantitative estimate of drug-likeness (QED) is 0.913. The SMILES string of the molecule is Cc1ccc(-c2cnc(CCC(=O)NC3(C#N)CCCC3)o2)cc1. The van der Waals surface area contributed by atoms with Gasteiger partial charge in [0.25, 0.3) is 0 Å². The molecule has 0 unspecified atom stereocenters. The third-order valence-corrected chi connectivity index (χ3v) is 4.51. The van der Waals surface area contributed by atoms with Crippen molar-refractivity contribution < 1.29 is 9.21 Å². The van der Waals surface area contributed by atoms with E-state index >= 15 is 0 Å². The zero-order valence-electron chi connectivity index (χ0n) is 13.8. The summed E-state index contributed by atoms with van der Waals surface area (Å²) in [5.41, 5.74) is 1.49. The largest absolute Gasteiger partial charge is 0.441 e. The highest BCUT2D eigenvalue weighted by Gasteiger charge is 2.35. The molecule has 0 radical (unpaired) electrons. The predicted octanol–water partition coefficient (Wildman–Crippen LogP) is 3.54. The number of carbonyl (C=O) groups excluding carboxylic acids is 1. The maximum atomic E-state index is 12.1. The van der Waals surface area contributed by atoms with Crippen molar-refractivity contribution in [1.29, 1.82) is 5.26 Å². The summed E-state index contributed by atoms with van der Waals surface area (Å²) in [5, 5.41) is 12.2. The van der Waals surface area contributed by atoms with Crippen LogP contribution in [0.3, 0.4) is 0 Å². The van der Waals surface area contributed by atoms with Crippen LogP contribution < -0.4 is 5.32 Å². The molecule has 1 aromatic heterocycles. The second kappa shape index (κ2) is 6.88. The second-order valence-corrected chi connectivity index (χ2v) is 6.43. The molecule has 1 aromatic carbocycles. The molecule has 1 saturated carbocycles. The van der Waals surface area contributed by atoms with Crippen molar-refractivity contribution in [3.8, 4) is 17.4 Å². The summed E-state index contributed by atoms with van der Waals surface area (Å²) in [6.45, 7) is 2.03. The smallest absolute Gasteiger partial charge is 0.221 e. The molecule has 1 heterocycles. The molecular formula is C19H21N3O2. The average molecular weight is 323 g/mol. The van der Waals surface area contributed by atoms with Gasteiger partial charge in [-0.15, -0.1) is 0 Å². The number of hydrogen-bond acceptors (Lipinski definition) is 4. The van der Waals surface area contributed by atoms with Crippen molar-refractivity contribution in [2.24, 2.45) is 0 Å². The molecule has 1 N–H and O–H groups in total. The Morgan fingerprint density at radius 2 is 2.04 bits per heavy atom. The Morgan fingerprint density at radius 3 is 2.71 bits per heavy atom. The van der Waals surface area contributed by atoms with Crippen LogP contribution in [0.25, 0.3) is 11.3 Å². The standard InChI is InChI=1S/C19H21N3O2/c1-14-4-6-15(7-5-14)16-12-21-18(24-16)9-8-17(23)22-19(13-20)10-2-3-11-19/h4-7,12H,2-3,8-11H2,1H3,(H,22,23). The van der Waals surface area contributed by atoms with Gasteiger partial charge in [-0.2, -0.15) is 5.26 Å². The molecule has 0 atom stereocenters. The van der Waals surface area contributed by atoms with Crippen LogP contribution >= 0.6 is 0 Å². The van der Waals surface area contributed by atoms with Gasteiger partial charge >= 0.3 is 0 Å². The number of nitrogens with zero attached hydrogens (tertiary/aromatic N) is 2. The molecule has 1 amide bonds. The van der Waals surface area contributed by atoms with Crippen molar-refractivity contribution in [1.82, 2.24) is 10.3 Å². The summed E-state index contributed by atoms with van der Waals surface area (Å²) in [5.74, 6) is 1.13. The number of hydrogen-bond donors (Lipinski definition) is 1. The Balaban J connectivity index is 1.56. The molecule has 1 aliphatic rings. The lowest BCUT2D eigenvalue weighted by molar-refractivity contribution is -0.122. The number of nitriles is 1. The molecule has 0 bridgehead atoms. The number of nitrogens with one attached hydrogen (secondary N) is 1. The first-order valence-electron chi connectivity index (χ1n) is 8.34. The summed E-state index contributed by atoms with van der Waals surface area (Å²) >= 11 is 0. The van der Waals surface area contributed by atoms with E-state index in [-0.39, 0.29) is 12.3 Å². The minimum absolute atomic E-state index is 0.117. The summed E-state index contributed by atoms with van der Waals surface area (Å²) in [4.78, 5) is 16.4. The van der Waals surface area contributed by atoms with Gasteiger partial charge in [-0.3, -0.25) is 4.79 Å². The lowest BCUT2D eigenvalue weighted by atomic mass is 9.99. The molecule has 0 spiro atoms. The first-order valence-corrected chi connectivity index (χ1v) is 8.34. The highest BCUT2D eigenvalue weighted by molar-refractivity contribution is 5.77. The maximum absolute atomic E-state index is 12.1. The zero-order chi connectivity index (χ0) is 17.0. The number of aryl methyl sites for hydroxylation is 2. The molecule has 1 fully saturated rings. The predicted molar refractivity (Wildman–Crippen MR) is 90.0 cm³/mol. The Morgan fingerprint density at radius 1 is 1.33 bits per heavy atom. The Hall–Kier alpha value is -2.61. The fourth-order valence-corrected chi connectivity index (χ4v) is 3.07. The van der Waals surface area contributed by atoms with Crippen molar-refractivity contribution in [3.63, 3.8) is 0 Å². The van der Waals surface area contributed by atoms with E-state index in [2.05, 4.69) is 16.4 Å². The molecule has 0 saturated heterocycles. The summed E-state index contributed by atoms with van der Waals surface area (Å²) in [7, 11) is 0. The van der Waals surface area contributed by atoms with E-state index in [0.29, 0.717) is 18.1 Å². The number of carbonyl (C=O) groups is 1. The molecule has 124 valence electrons. The van der Waals surface area contributed by atoms with E-state index in [9.17, 15) is 10.1 Å². The first-order chi connectivity index (χ1) is 11.6. The molecule has 3 rings (SSSR count). The highest BCUT2D eigenvalue weighted by atomic mass is 16.4. The van der Waals surface area contributed by atoms with E-state index in [1.54, 1.807) is 6.20 Å². The van der Waals surface area contributed by atoms with Gasteiger partial charge < -0.3 is 9.73 Å². The van der Waals surface area contributed by atoms with E-state index in [1.807, 2.05) is 31.2 Å². The van der Waals surface area contributed by atoms with Gasteiger partial charge in [0.1, 0.15) is 5.54 Å². The van der Waals surface area contributed by atoms with Gasteiger partial charge in [0, 0.05) is 18.4 Å². The monoisotopic (exact) mass is 323 g/mol. The zero-order valence-corrected chi connectivity index (χ0v) is 13.8. The van der Waals surface area contributed by atoms with E-state index in [4.69, 9.17) is 4.42 Å². The van der Waals surface area contributed by atoms with Crippen LogP contribution in [0.5, 0.6) is 0 Å². The number of oxazole rings is 1. The average Bonchev–Trinajstić information content (AvgIpc) is 3.24. The number of rotatable bonds is 5. The minimum Gasteiger partial charge on any atom is -0.441 e. The summed E-state index contributed by atoms with van der Waals surface area (Å²) in [6, 6.07) is 10.3. The van der Waals surface area contributed by atoms with Gasteiger partial charge in [-0.1, -0.05) is 29.8 Å². The molecule has 24 heavy (non-hydrogen) atoms. The topological polar surface area (TPSA) is 78.9 Å². The van der Waals surface area contributed by atoms with Crippen LogP contribution in [0.1, 0.15) is 43.6 Å². The third-order valence-electron chi connectivity index (χ3n) is 4.51. The minimum atomic E-state index is -0.666. The maximum Gasteiger partial charge on any atom is 0.221 e. The van der Waals surface area contributed by atoms with Gasteiger partial charge in [0.15, 0.2) is 11.7 Å². The van der Waals surface area contributed by atoms with Crippen LogP contribution in [0.15, 0.2) is 34.9 Å². The van der Waals surface area contributed by atoms with E-state index in [1.165, 1.54) is 5.56 Å². The third kappa shape index (κ3) is 3.65. The van der Waals surface area contributed by atoms with Crippen molar-refractivity contribution >= 4 is 5.91 Å². The number of aromatic nitrogens is 1. The van der Waals surface area contributed by atoms with E-state index in [0.717, 1.165) is 31.2 Å². The second-order valence-electron chi connectivity index (χ2n) is 6.43. The Bertz CT molecular complexity index is 750. The van der Waals surface area contributed by atoms with E-state index < -0.39 is 5.54 Å². The van der Waals surface area contributed by atoms with Gasteiger partial charge in [0.2, 0.25) is 5.91 Å². The molecule has 5 heteroatoms. The fraction of sp³-hybridized carbons (Fsp3) is 0.421. The van der Waals surface area contributed by atoms with Crippen LogP contribution in [0, 0.1) is 18.3 Å². The first kappa shape index (κ1) is 16.3. The summed E-state index contributed by atoms with van der Waals surface area (Å²) < 4.78 is 5.73. The number of amides is 1. The number of benzene rings is 1. The molecular weight excluding hydrogens is 302 g/mol. The van der Waals surface area contributed by atoms with Gasteiger partial charge in [-0.25, -0.2) is 4.98 Å². The molecule has 5 nitrogen and oxygen atoms in total. The van der Waals surface area contributed by atoms with Gasteiger partial charge in [-0.05, 0) is 32.6 Å². The lowest BCUT2D eigenvalue weighted by Gasteiger charge is -2.21. The highest BCUT2D eigenvalue weighted by Crippen LogP contribution is 2.29.